The summed E-state index contributed by atoms with van der Waals surface area (Å²) in [7, 11) is 0. The number of nitrogens with zero attached hydrogens (tertiary/aromatic N) is 4. The van der Waals surface area contributed by atoms with E-state index in [0.29, 0.717) is 0 Å². The van der Waals surface area contributed by atoms with Crippen LogP contribution in [0, 0.1) is 0 Å². The van der Waals surface area contributed by atoms with Gasteiger partial charge in [0.05, 0.1) is 6.54 Å². The fourth-order valence-corrected chi connectivity index (χ4v) is 3.80. The lowest BCUT2D eigenvalue weighted by Crippen LogP contribution is -2.58. The maximum Gasteiger partial charge on any atom is 0.317 e. The molecule has 2 amide bonds. The molecule has 1 aromatic heterocycles. The summed E-state index contributed by atoms with van der Waals surface area (Å²) in [6, 6.07) is 4.46. The number of carbonyl (C=O) groups excluding carboxylic acids is 1. The van der Waals surface area contributed by atoms with Crippen LogP contribution in [-0.2, 0) is 11.3 Å². The minimum atomic E-state index is -0.797. The normalized spacial score (nSPS) is 23.1. The van der Waals surface area contributed by atoms with Gasteiger partial charge in [-0.05, 0) is 37.1 Å². The number of amides is 2. The summed E-state index contributed by atoms with van der Waals surface area (Å²) in [4.78, 5) is 33.6. The zero-order valence-electron chi connectivity index (χ0n) is 15.9. The van der Waals surface area contributed by atoms with Gasteiger partial charge in [0.2, 0.25) is 0 Å². The molecule has 1 aromatic rings. The minimum absolute atomic E-state index is 0.00305. The smallest absolute Gasteiger partial charge is 0.317 e. The van der Waals surface area contributed by atoms with Crippen LogP contribution < -0.4 is 5.32 Å². The fourth-order valence-electron chi connectivity index (χ4n) is 3.80. The summed E-state index contributed by atoms with van der Waals surface area (Å²) < 4.78 is 0. The van der Waals surface area contributed by atoms with Gasteiger partial charge in [0.1, 0.15) is 0 Å². The molecule has 0 aromatic carbocycles. The number of carboxylic acid groups (broad SMARTS) is 1. The van der Waals surface area contributed by atoms with Gasteiger partial charge in [0.25, 0.3) is 0 Å². The van der Waals surface area contributed by atoms with Crippen molar-refractivity contribution in [1.82, 2.24) is 25.0 Å². The van der Waals surface area contributed by atoms with Gasteiger partial charge in [-0.1, -0.05) is 6.92 Å². The van der Waals surface area contributed by atoms with Crippen molar-refractivity contribution in [3.8, 4) is 0 Å². The van der Waals surface area contributed by atoms with Gasteiger partial charge >= 0.3 is 12.0 Å². The molecule has 1 aliphatic heterocycles. The summed E-state index contributed by atoms with van der Waals surface area (Å²) >= 11 is 0. The van der Waals surface area contributed by atoms with Crippen molar-refractivity contribution in [2.24, 2.45) is 0 Å². The van der Waals surface area contributed by atoms with Gasteiger partial charge in [-0.2, -0.15) is 0 Å². The van der Waals surface area contributed by atoms with Crippen molar-refractivity contribution < 1.29 is 14.7 Å². The Kier molecular flexibility index (Phi) is 6.63. The molecule has 2 aliphatic rings. The summed E-state index contributed by atoms with van der Waals surface area (Å²) in [5.41, 5.74) is 1.24. The second-order valence-electron chi connectivity index (χ2n) is 7.35. The number of carbonyl (C=O) groups is 2. The fraction of sp³-hybridized carbons (Fsp3) is 0.632. The van der Waals surface area contributed by atoms with E-state index in [0.717, 1.165) is 52.1 Å². The van der Waals surface area contributed by atoms with E-state index in [4.69, 9.17) is 5.11 Å². The summed E-state index contributed by atoms with van der Waals surface area (Å²) in [6.07, 6.45) is 5.27. The largest absolute Gasteiger partial charge is 0.480 e. The number of rotatable bonds is 7. The molecule has 3 rings (SSSR count). The number of aromatic nitrogens is 1. The number of carboxylic acids is 1. The Morgan fingerprint density at radius 3 is 2.48 bits per heavy atom. The van der Waals surface area contributed by atoms with E-state index in [2.05, 4.69) is 15.2 Å². The molecule has 1 saturated heterocycles. The molecule has 1 aliphatic carbocycles. The molecule has 0 bridgehead atoms. The zero-order valence-corrected chi connectivity index (χ0v) is 15.9. The highest BCUT2D eigenvalue weighted by Crippen LogP contribution is 2.25. The van der Waals surface area contributed by atoms with Crippen molar-refractivity contribution in [2.45, 2.75) is 38.4 Å². The number of urea groups is 1. The Morgan fingerprint density at radius 1 is 1.22 bits per heavy atom. The van der Waals surface area contributed by atoms with Crippen molar-refractivity contribution in [3.63, 3.8) is 0 Å². The average Bonchev–Trinajstić information content (AvgIpc) is 2.64. The van der Waals surface area contributed by atoms with E-state index in [-0.39, 0.29) is 24.7 Å². The van der Waals surface area contributed by atoms with Gasteiger partial charge in [0, 0.05) is 57.2 Å². The van der Waals surface area contributed by atoms with Gasteiger partial charge in [0.15, 0.2) is 0 Å². The maximum atomic E-state index is 12.5. The quantitative estimate of drug-likeness (QED) is 0.734. The SMILES string of the molecule is CCN(CC(=O)O)C1CC(NC(=O)N2CCN(Cc3ccncc3)CC2)C1. The van der Waals surface area contributed by atoms with Gasteiger partial charge < -0.3 is 15.3 Å². The number of pyridine rings is 1. The Balaban J connectivity index is 1.36. The number of hydrogen-bond acceptors (Lipinski definition) is 5. The maximum absolute atomic E-state index is 12.5. The van der Waals surface area contributed by atoms with E-state index in [1.807, 2.05) is 28.9 Å². The lowest BCUT2D eigenvalue weighted by molar-refractivity contribution is -0.139. The van der Waals surface area contributed by atoms with Gasteiger partial charge in [-0.3, -0.25) is 19.6 Å². The lowest BCUT2D eigenvalue weighted by atomic mass is 9.85. The number of hydrogen-bond donors (Lipinski definition) is 2. The van der Waals surface area contributed by atoms with Crippen LogP contribution in [0.3, 0.4) is 0 Å². The van der Waals surface area contributed by atoms with Crippen molar-refractivity contribution in [2.75, 3.05) is 39.3 Å². The molecule has 2 heterocycles. The molecule has 2 N–H and O–H groups in total. The molecule has 0 atom stereocenters. The number of aliphatic carboxylic acids is 1. The highest BCUT2D eigenvalue weighted by molar-refractivity contribution is 5.74. The summed E-state index contributed by atoms with van der Waals surface area (Å²) in [5.74, 6) is -0.797. The second kappa shape index (κ2) is 9.14. The van der Waals surface area contributed by atoms with Crippen LogP contribution in [0.5, 0.6) is 0 Å². The van der Waals surface area contributed by atoms with Crippen LogP contribution in [0.15, 0.2) is 24.5 Å². The molecule has 2 fully saturated rings. The van der Waals surface area contributed by atoms with E-state index >= 15 is 0 Å². The van der Waals surface area contributed by atoms with Crippen LogP contribution in [-0.4, -0.2) is 88.1 Å². The molecular formula is C19H29N5O3. The first-order chi connectivity index (χ1) is 13.0. The zero-order chi connectivity index (χ0) is 19.2. The summed E-state index contributed by atoms with van der Waals surface area (Å²) in [5, 5.41) is 12.1. The third-order valence-corrected chi connectivity index (χ3v) is 5.52. The molecule has 27 heavy (non-hydrogen) atoms. The molecule has 0 radical (unpaired) electrons. The van der Waals surface area contributed by atoms with Crippen LogP contribution in [0.4, 0.5) is 4.79 Å². The predicted molar refractivity (Wildman–Crippen MR) is 101 cm³/mol. The first-order valence-corrected chi connectivity index (χ1v) is 9.67. The first kappa shape index (κ1) is 19.6. The van der Waals surface area contributed by atoms with Crippen molar-refractivity contribution in [3.05, 3.63) is 30.1 Å². The van der Waals surface area contributed by atoms with Crippen molar-refractivity contribution in [1.29, 1.82) is 0 Å². The highest BCUT2D eigenvalue weighted by atomic mass is 16.4. The molecule has 0 spiro atoms. The van der Waals surface area contributed by atoms with Gasteiger partial charge in [-0.25, -0.2) is 4.79 Å². The van der Waals surface area contributed by atoms with E-state index in [1.165, 1.54) is 5.56 Å². The van der Waals surface area contributed by atoms with E-state index in [1.54, 1.807) is 12.4 Å². The number of piperazine rings is 1. The van der Waals surface area contributed by atoms with Crippen LogP contribution >= 0.6 is 0 Å². The Hall–Kier alpha value is -2.19. The number of nitrogens with one attached hydrogen (secondary N) is 1. The molecule has 148 valence electrons. The molecule has 8 heteroatoms. The average molecular weight is 375 g/mol. The molecule has 1 saturated carbocycles. The minimum Gasteiger partial charge on any atom is -0.480 e. The topological polar surface area (TPSA) is 89.0 Å². The Labute approximate surface area is 160 Å². The lowest BCUT2D eigenvalue weighted by Gasteiger charge is -2.43. The highest BCUT2D eigenvalue weighted by Gasteiger charge is 2.35. The Morgan fingerprint density at radius 2 is 1.89 bits per heavy atom. The molecule has 0 unspecified atom stereocenters. The first-order valence-electron chi connectivity index (χ1n) is 9.67. The van der Waals surface area contributed by atoms with E-state index < -0.39 is 5.97 Å². The van der Waals surface area contributed by atoms with E-state index in [9.17, 15) is 9.59 Å². The predicted octanol–water partition coefficient (Wildman–Crippen LogP) is 0.846. The Bertz CT molecular complexity index is 627. The molecule has 8 nitrogen and oxygen atoms in total. The van der Waals surface area contributed by atoms with Crippen LogP contribution in [0.25, 0.3) is 0 Å². The van der Waals surface area contributed by atoms with Gasteiger partial charge in [-0.15, -0.1) is 0 Å². The van der Waals surface area contributed by atoms with Crippen molar-refractivity contribution >= 4 is 12.0 Å². The molecular weight excluding hydrogens is 346 g/mol. The second-order valence-corrected chi connectivity index (χ2v) is 7.35. The standard InChI is InChI=1S/C19H29N5O3/c1-2-23(14-18(25)26)17-11-16(12-17)21-19(27)24-9-7-22(8-10-24)13-15-3-5-20-6-4-15/h3-6,16-17H,2,7-14H2,1H3,(H,21,27)(H,25,26). The number of likely N-dealkylation sites (N-methyl/N-ethyl adjacent to an activating group) is 1. The monoisotopic (exact) mass is 375 g/mol. The summed E-state index contributed by atoms with van der Waals surface area (Å²) in [6.45, 7) is 6.84. The van der Waals surface area contributed by atoms with Crippen LogP contribution in [0.2, 0.25) is 0 Å². The third kappa shape index (κ3) is 5.40. The van der Waals surface area contributed by atoms with Crippen LogP contribution in [0.1, 0.15) is 25.3 Å². The third-order valence-electron chi connectivity index (χ3n) is 5.52.